The largest absolute Gasteiger partial charge is 0.310 e. The molecule has 0 saturated heterocycles. The molecule has 2 aromatic heterocycles. The number of nitrogens with zero attached hydrogens (tertiary/aromatic N) is 2. The zero-order chi connectivity index (χ0) is 12.4. The molecule has 0 spiro atoms. The Morgan fingerprint density at radius 2 is 2.24 bits per heavy atom. The van der Waals surface area contributed by atoms with Gasteiger partial charge in [-0.15, -0.1) is 11.3 Å². The van der Waals surface area contributed by atoms with E-state index in [1.165, 1.54) is 17.4 Å². The summed E-state index contributed by atoms with van der Waals surface area (Å²) in [6, 6.07) is 7.08. The van der Waals surface area contributed by atoms with E-state index in [9.17, 15) is 4.79 Å². The van der Waals surface area contributed by atoms with Crippen molar-refractivity contribution in [3.8, 4) is 16.6 Å². The molecule has 2 rings (SSSR count). The van der Waals surface area contributed by atoms with Crippen LogP contribution in [0.15, 0.2) is 23.0 Å². The first kappa shape index (κ1) is 11.6. The minimum Gasteiger partial charge on any atom is -0.310 e. The fourth-order valence-corrected chi connectivity index (χ4v) is 2.18. The minimum absolute atomic E-state index is 0.161. The predicted octanol–water partition coefficient (Wildman–Crippen LogP) is 2.49. The molecule has 0 fully saturated rings. The van der Waals surface area contributed by atoms with Crippen molar-refractivity contribution < 1.29 is 0 Å². The number of nitriles is 1. The highest BCUT2D eigenvalue weighted by Crippen LogP contribution is 2.25. The van der Waals surface area contributed by atoms with Crippen molar-refractivity contribution in [3.63, 3.8) is 0 Å². The third-order valence-corrected chi connectivity index (χ3v) is 3.29. The number of hydrogen-bond acceptors (Lipinski definition) is 4. The summed E-state index contributed by atoms with van der Waals surface area (Å²) in [7, 11) is 0. The van der Waals surface area contributed by atoms with Gasteiger partial charge in [-0.3, -0.25) is 4.79 Å². The van der Waals surface area contributed by atoms with E-state index in [2.05, 4.69) is 16.0 Å². The molecule has 2 aromatic rings. The normalized spacial score (nSPS) is 10.5. The molecule has 0 bridgehead atoms. The number of hydrogen-bond donors (Lipinski definition) is 1. The molecule has 86 valence electrons. The van der Waals surface area contributed by atoms with Crippen LogP contribution >= 0.6 is 11.3 Å². The van der Waals surface area contributed by atoms with Crippen LogP contribution in [0.4, 0.5) is 0 Å². The molecule has 0 aliphatic carbocycles. The van der Waals surface area contributed by atoms with Gasteiger partial charge in [0.2, 0.25) is 0 Å². The maximum atomic E-state index is 11.5. The molecule has 2 heterocycles. The summed E-state index contributed by atoms with van der Waals surface area (Å²) < 4.78 is 0. The van der Waals surface area contributed by atoms with Crippen LogP contribution in [0.25, 0.3) is 10.6 Å². The van der Waals surface area contributed by atoms with Crippen LogP contribution in [0.1, 0.15) is 30.5 Å². The maximum Gasteiger partial charge on any atom is 0.251 e. The molecule has 0 atom stereocenters. The quantitative estimate of drug-likeness (QED) is 0.883. The van der Waals surface area contributed by atoms with Gasteiger partial charge in [-0.1, -0.05) is 13.8 Å². The number of aromatic nitrogens is 2. The third kappa shape index (κ3) is 2.43. The molecular weight excluding hydrogens is 234 g/mol. The summed E-state index contributed by atoms with van der Waals surface area (Å²) in [5.74, 6) is 0.831. The molecule has 17 heavy (non-hydrogen) atoms. The summed E-state index contributed by atoms with van der Waals surface area (Å²) >= 11 is 1.34. The van der Waals surface area contributed by atoms with Gasteiger partial charge in [-0.05, 0) is 12.1 Å². The Bertz CT molecular complexity index is 634. The van der Waals surface area contributed by atoms with E-state index in [1.807, 2.05) is 19.9 Å². The van der Waals surface area contributed by atoms with Crippen LogP contribution in [0.5, 0.6) is 0 Å². The van der Waals surface area contributed by atoms with Crippen molar-refractivity contribution in [1.82, 2.24) is 9.97 Å². The van der Waals surface area contributed by atoms with E-state index in [-0.39, 0.29) is 11.5 Å². The zero-order valence-corrected chi connectivity index (χ0v) is 10.3. The van der Waals surface area contributed by atoms with E-state index in [1.54, 1.807) is 6.07 Å². The van der Waals surface area contributed by atoms with Crippen LogP contribution in [-0.4, -0.2) is 9.97 Å². The maximum absolute atomic E-state index is 11.5. The Balaban J connectivity index is 2.52. The van der Waals surface area contributed by atoms with Crippen molar-refractivity contribution in [1.29, 1.82) is 5.26 Å². The second kappa shape index (κ2) is 4.52. The van der Waals surface area contributed by atoms with Gasteiger partial charge in [0.1, 0.15) is 16.8 Å². The first-order chi connectivity index (χ1) is 8.10. The molecule has 4 nitrogen and oxygen atoms in total. The van der Waals surface area contributed by atoms with Crippen LogP contribution in [0.3, 0.4) is 0 Å². The summed E-state index contributed by atoms with van der Waals surface area (Å²) in [5.41, 5.74) is 0.467. The van der Waals surface area contributed by atoms with Crippen molar-refractivity contribution in [2.24, 2.45) is 0 Å². The van der Waals surface area contributed by atoms with E-state index in [4.69, 9.17) is 5.26 Å². The van der Waals surface area contributed by atoms with Crippen LogP contribution in [0.2, 0.25) is 0 Å². The van der Waals surface area contributed by atoms with Gasteiger partial charge in [0.25, 0.3) is 5.56 Å². The molecule has 0 aliphatic heterocycles. The summed E-state index contributed by atoms with van der Waals surface area (Å²) in [6.07, 6.45) is 0. The number of nitrogens with one attached hydrogen (secondary N) is 1. The molecular formula is C12H11N3OS. The Morgan fingerprint density at radius 1 is 1.47 bits per heavy atom. The SMILES string of the molecule is CC(C)c1nc(-c2ccc(C#N)s2)cc(=O)[nH]1. The molecule has 0 aliphatic rings. The lowest BCUT2D eigenvalue weighted by molar-refractivity contribution is 0.769. The fourth-order valence-electron chi connectivity index (χ4n) is 1.41. The molecule has 0 saturated carbocycles. The average molecular weight is 245 g/mol. The molecule has 0 unspecified atom stereocenters. The first-order valence-corrected chi connectivity index (χ1v) is 6.03. The Morgan fingerprint density at radius 3 is 2.82 bits per heavy atom. The lowest BCUT2D eigenvalue weighted by atomic mass is 10.2. The Kier molecular flexibility index (Phi) is 3.07. The summed E-state index contributed by atoms with van der Waals surface area (Å²) in [5, 5.41) is 8.77. The highest BCUT2D eigenvalue weighted by Gasteiger charge is 2.09. The second-order valence-corrected chi connectivity index (χ2v) is 5.03. The van der Waals surface area contributed by atoms with E-state index >= 15 is 0 Å². The Hall–Kier alpha value is -1.93. The predicted molar refractivity (Wildman–Crippen MR) is 67.0 cm³/mol. The van der Waals surface area contributed by atoms with Crippen molar-refractivity contribution in [2.45, 2.75) is 19.8 Å². The van der Waals surface area contributed by atoms with Crippen molar-refractivity contribution in [2.75, 3.05) is 0 Å². The van der Waals surface area contributed by atoms with Crippen LogP contribution in [-0.2, 0) is 0 Å². The van der Waals surface area contributed by atoms with E-state index in [0.29, 0.717) is 16.4 Å². The molecule has 1 N–H and O–H groups in total. The number of H-pyrrole nitrogens is 1. The average Bonchev–Trinajstić information content (AvgIpc) is 2.76. The molecule has 0 aromatic carbocycles. The van der Waals surface area contributed by atoms with Crippen molar-refractivity contribution in [3.05, 3.63) is 39.3 Å². The minimum atomic E-state index is -0.161. The summed E-state index contributed by atoms with van der Waals surface area (Å²) in [6.45, 7) is 3.94. The fraction of sp³-hybridized carbons (Fsp3) is 0.250. The van der Waals surface area contributed by atoms with E-state index < -0.39 is 0 Å². The smallest absolute Gasteiger partial charge is 0.251 e. The molecule has 0 radical (unpaired) electrons. The van der Waals surface area contributed by atoms with Gasteiger partial charge < -0.3 is 4.98 Å². The van der Waals surface area contributed by atoms with Gasteiger partial charge in [-0.2, -0.15) is 5.26 Å². The van der Waals surface area contributed by atoms with Gasteiger partial charge >= 0.3 is 0 Å². The Labute approximate surface area is 103 Å². The topological polar surface area (TPSA) is 69.5 Å². The van der Waals surface area contributed by atoms with Gasteiger partial charge in [0, 0.05) is 12.0 Å². The monoisotopic (exact) mass is 245 g/mol. The number of thiophene rings is 1. The highest BCUT2D eigenvalue weighted by atomic mass is 32.1. The number of rotatable bonds is 2. The lowest BCUT2D eigenvalue weighted by Gasteiger charge is -2.05. The summed E-state index contributed by atoms with van der Waals surface area (Å²) in [4.78, 5) is 20.1. The highest BCUT2D eigenvalue weighted by molar-refractivity contribution is 7.15. The van der Waals surface area contributed by atoms with Gasteiger partial charge in [-0.25, -0.2) is 4.98 Å². The molecule has 5 heteroatoms. The zero-order valence-electron chi connectivity index (χ0n) is 9.52. The standard InChI is InChI=1S/C12H11N3OS/c1-7(2)12-14-9(5-11(16)15-12)10-4-3-8(6-13)17-10/h3-5,7H,1-2H3,(H,14,15,16). The third-order valence-electron chi connectivity index (χ3n) is 2.28. The molecule has 0 amide bonds. The van der Waals surface area contributed by atoms with Gasteiger partial charge in [0.15, 0.2) is 0 Å². The lowest BCUT2D eigenvalue weighted by Crippen LogP contribution is -2.11. The first-order valence-electron chi connectivity index (χ1n) is 5.21. The van der Waals surface area contributed by atoms with Crippen LogP contribution < -0.4 is 5.56 Å². The van der Waals surface area contributed by atoms with Gasteiger partial charge in [0.05, 0.1) is 10.6 Å². The van der Waals surface area contributed by atoms with Crippen molar-refractivity contribution >= 4 is 11.3 Å². The van der Waals surface area contributed by atoms with E-state index in [0.717, 1.165) is 4.88 Å². The second-order valence-electron chi connectivity index (χ2n) is 3.95. The number of aromatic amines is 1. The van der Waals surface area contributed by atoms with Crippen LogP contribution in [0, 0.1) is 11.3 Å².